The molecule has 1 saturated heterocycles. The highest BCUT2D eigenvalue weighted by atomic mass is 35.5. The Bertz CT molecular complexity index is 1490. The molecule has 1 aliphatic rings. The van der Waals surface area contributed by atoms with Gasteiger partial charge in [0.1, 0.15) is 10.4 Å². The van der Waals surface area contributed by atoms with E-state index in [1.165, 1.54) is 0 Å². The average Bonchev–Trinajstić information content (AvgIpc) is 3.39. The fraction of sp³-hybridized carbons (Fsp3) is 0.333. The Morgan fingerprint density at radius 2 is 1.97 bits per heavy atom. The molecular weight excluding hydrogens is 534 g/mol. The van der Waals surface area contributed by atoms with Gasteiger partial charge in [-0.1, -0.05) is 61.0 Å². The first-order valence-corrected chi connectivity index (χ1v) is 14.4. The Hall–Kier alpha value is -3.01. The normalized spacial score (nSPS) is 16.8. The molecule has 0 unspecified atom stereocenters. The molecule has 0 saturated carbocycles. The van der Waals surface area contributed by atoms with Crippen LogP contribution in [0.1, 0.15) is 45.8 Å². The summed E-state index contributed by atoms with van der Waals surface area (Å²) in [4.78, 5) is 30.7. The third-order valence-electron chi connectivity index (χ3n) is 7.02. The summed E-state index contributed by atoms with van der Waals surface area (Å²) in [6, 6.07) is 18.6. The number of aryl methyl sites for hydroxylation is 1. The predicted octanol–water partition coefficient (Wildman–Crippen LogP) is 4.99. The average molecular weight is 566 g/mol. The lowest BCUT2D eigenvalue weighted by molar-refractivity contribution is -0.0629. The minimum atomic E-state index is -0.683. The molecule has 2 aromatic heterocycles. The zero-order chi connectivity index (χ0) is 27.4. The van der Waals surface area contributed by atoms with E-state index in [1.807, 2.05) is 53.1 Å². The first kappa shape index (κ1) is 27.6. The molecule has 2 N–H and O–H groups in total. The number of pyridine rings is 1. The largest absolute Gasteiger partial charge is 0.387 e. The van der Waals surface area contributed by atoms with Gasteiger partial charge < -0.3 is 19.7 Å². The van der Waals surface area contributed by atoms with Crippen LogP contribution >= 0.6 is 22.9 Å². The van der Waals surface area contributed by atoms with Crippen molar-refractivity contribution in [2.24, 2.45) is 0 Å². The number of aromatic nitrogens is 1. The van der Waals surface area contributed by atoms with Gasteiger partial charge in [-0.2, -0.15) is 0 Å². The van der Waals surface area contributed by atoms with E-state index in [1.54, 1.807) is 29.7 Å². The highest BCUT2D eigenvalue weighted by molar-refractivity contribution is 7.18. The van der Waals surface area contributed by atoms with Gasteiger partial charge in [-0.15, -0.1) is 11.3 Å². The molecule has 4 aromatic rings. The monoisotopic (exact) mass is 565 g/mol. The first-order valence-electron chi connectivity index (χ1n) is 13.2. The number of carbonyl (C=O) groups is 1. The van der Waals surface area contributed by atoms with E-state index >= 15 is 0 Å². The summed E-state index contributed by atoms with van der Waals surface area (Å²) in [5.41, 5.74) is 1.62. The molecule has 9 heteroatoms. The van der Waals surface area contributed by atoms with Crippen molar-refractivity contribution in [2.75, 3.05) is 19.8 Å². The number of aliphatic hydroxyl groups excluding tert-OH is 1. The molecule has 0 spiro atoms. The van der Waals surface area contributed by atoms with Crippen LogP contribution in [0.2, 0.25) is 5.02 Å². The molecule has 7 nitrogen and oxygen atoms in total. The lowest BCUT2D eigenvalue weighted by Crippen LogP contribution is -2.48. The number of nitrogens with one attached hydrogen (secondary N) is 1. The van der Waals surface area contributed by atoms with Crippen molar-refractivity contribution in [1.29, 1.82) is 0 Å². The first-order chi connectivity index (χ1) is 18.9. The lowest BCUT2D eigenvalue weighted by Gasteiger charge is -2.38. The number of hydrogen-bond donors (Lipinski definition) is 2. The van der Waals surface area contributed by atoms with Crippen LogP contribution in [-0.2, 0) is 24.4 Å². The van der Waals surface area contributed by atoms with E-state index in [0.29, 0.717) is 49.8 Å². The maximum absolute atomic E-state index is 13.5. The fourth-order valence-corrected chi connectivity index (χ4v) is 6.27. The third-order valence-corrected chi connectivity index (χ3v) is 8.43. The lowest BCUT2D eigenvalue weighted by atomic mass is 10.0. The standard InChI is InChI=1S/C30H32ClN3O4S/c1-2-12-34-18-25(29(37)32-16-20-8-10-22(31)11-9-20)28(36)24-15-23(39-30(24)34)17-33-13-14-38-19-26(33)27(35)21-6-4-3-5-7-21/h3-11,15,18,26-27,35H,2,12-14,16-17,19H2,1H3,(H,32,37)/t26-,27+/m1/s1. The Balaban J connectivity index is 1.40. The molecule has 1 fully saturated rings. The Morgan fingerprint density at radius 3 is 2.72 bits per heavy atom. The van der Waals surface area contributed by atoms with Gasteiger partial charge in [-0.25, -0.2) is 0 Å². The van der Waals surface area contributed by atoms with E-state index in [4.69, 9.17) is 16.3 Å². The topological polar surface area (TPSA) is 83.8 Å². The van der Waals surface area contributed by atoms with E-state index in [9.17, 15) is 14.7 Å². The minimum Gasteiger partial charge on any atom is -0.387 e. The van der Waals surface area contributed by atoms with Gasteiger partial charge in [0, 0.05) is 42.3 Å². The molecule has 0 aliphatic carbocycles. The van der Waals surface area contributed by atoms with Crippen LogP contribution < -0.4 is 10.7 Å². The number of aliphatic hydroxyl groups is 1. The van der Waals surface area contributed by atoms with Crippen molar-refractivity contribution in [1.82, 2.24) is 14.8 Å². The molecule has 5 rings (SSSR count). The van der Waals surface area contributed by atoms with Crippen LogP contribution in [0.15, 0.2) is 71.7 Å². The molecule has 2 aromatic carbocycles. The van der Waals surface area contributed by atoms with Gasteiger partial charge >= 0.3 is 0 Å². The van der Waals surface area contributed by atoms with E-state index < -0.39 is 12.0 Å². The summed E-state index contributed by atoms with van der Waals surface area (Å²) < 4.78 is 7.73. The SMILES string of the molecule is CCCn1cc(C(=O)NCc2ccc(Cl)cc2)c(=O)c2cc(CN3CCOC[C@@H]3[C@@H](O)c3ccccc3)sc21. The number of hydrogen-bond acceptors (Lipinski definition) is 6. The van der Waals surface area contributed by atoms with Crippen LogP contribution in [0.3, 0.4) is 0 Å². The summed E-state index contributed by atoms with van der Waals surface area (Å²) in [5.74, 6) is -0.395. The van der Waals surface area contributed by atoms with Gasteiger partial charge in [0.05, 0.1) is 30.7 Å². The number of fused-ring (bicyclic) bond motifs is 1. The quantitative estimate of drug-likeness (QED) is 0.299. The summed E-state index contributed by atoms with van der Waals surface area (Å²) in [7, 11) is 0. The van der Waals surface area contributed by atoms with Crippen molar-refractivity contribution in [3.8, 4) is 0 Å². The van der Waals surface area contributed by atoms with Crippen molar-refractivity contribution in [2.45, 2.75) is 45.1 Å². The maximum Gasteiger partial charge on any atom is 0.257 e. The van der Waals surface area contributed by atoms with E-state index in [0.717, 1.165) is 27.3 Å². The number of rotatable bonds is 9. The van der Waals surface area contributed by atoms with Crippen LogP contribution in [-0.4, -0.2) is 46.3 Å². The second-order valence-electron chi connectivity index (χ2n) is 9.77. The second-order valence-corrected chi connectivity index (χ2v) is 11.3. The van der Waals surface area contributed by atoms with E-state index in [-0.39, 0.29) is 17.0 Å². The van der Waals surface area contributed by atoms with Crippen molar-refractivity contribution in [3.63, 3.8) is 0 Å². The second kappa shape index (κ2) is 12.4. The van der Waals surface area contributed by atoms with Crippen LogP contribution in [0.5, 0.6) is 0 Å². The Labute approximate surface area is 236 Å². The van der Waals surface area contributed by atoms with Gasteiger partial charge in [0.2, 0.25) is 5.43 Å². The highest BCUT2D eigenvalue weighted by Crippen LogP contribution is 2.29. The van der Waals surface area contributed by atoms with Gasteiger partial charge in [0.15, 0.2) is 0 Å². The zero-order valence-electron chi connectivity index (χ0n) is 21.8. The summed E-state index contributed by atoms with van der Waals surface area (Å²) in [6.07, 6.45) is 1.87. The van der Waals surface area contributed by atoms with Crippen molar-refractivity contribution >= 4 is 39.1 Å². The molecule has 2 atom stereocenters. The van der Waals surface area contributed by atoms with Crippen molar-refractivity contribution in [3.05, 3.63) is 104 Å². The summed E-state index contributed by atoms with van der Waals surface area (Å²) in [6.45, 7) is 5.35. The molecular formula is C30H32ClN3O4S. The number of benzene rings is 2. The van der Waals surface area contributed by atoms with Crippen molar-refractivity contribution < 1.29 is 14.6 Å². The molecule has 1 aliphatic heterocycles. The van der Waals surface area contributed by atoms with E-state index in [2.05, 4.69) is 17.1 Å². The van der Waals surface area contributed by atoms with Crippen LogP contribution in [0.4, 0.5) is 0 Å². The summed E-state index contributed by atoms with van der Waals surface area (Å²) >= 11 is 7.52. The number of nitrogens with zero attached hydrogens (tertiary/aromatic N) is 2. The Morgan fingerprint density at radius 1 is 1.21 bits per heavy atom. The highest BCUT2D eigenvalue weighted by Gasteiger charge is 2.31. The van der Waals surface area contributed by atoms with Crippen LogP contribution in [0.25, 0.3) is 10.2 Å². The Kier molecular flexibility index (Phi) is 8.79. The maximum atomic E-state index is 13.5. The number of morpholine rings is 1. The smallest absolute Gasteiger partial charge is 0.257 e. The fourth-order valence-electron chi connectivity index (χ4n) is 4.97. The molecule has 204 valence electrons. The predicted molar refractivity (Wildman–Crippen MR) is 155 cm³/mol. The van der Waals surface area contributed by atoms with Gasteiger partial charge in [-0.05, 0) is 35.7 Å². The van der Waals surface area contributed by atoms with Gasteiger partial charge in [0.25, 0.3) is 5.91 Å². The minimum absolute atomic E-state index is 0.137. The number of amides is 1. The number of thiophene rings is 1. The van der Waals surface area contributed by atoms with Crippen LogP contribution in [0, 0.1) is 0 Å². The third kappa shape index (κ3) is 6.26. The molecule has 1 amide bonds. The number of carbonyl (C=O) groups excluding carboxylic acids is 1. The molecule has 0 radical (unpaired) electrons. The number of halogens is 1. The number of ether oxygens (including phenoxy) is 1. The van der Waals surface area contributed by atoms with Gasteiger partial charge in [-0.3, -0.25) is 14.5 Å². The molecule has 0 bridgehead atoms. The zero-order valence-corrected chi connectivity index (χ0v) is 23.4. The molecule has 3 heterocycles. The molecule has 39 heavy (non-hydrogen) atoms. The summed E-state index contributed by atoms with van der Waals surface area (Å²) in [5, 5.41) is 15.2.